The minimum Gasteiger partial charge on any atom is -0.213 e. The molecule has 10 heteroatoms. The van der Waals surface area contributed by atoms with Gasteiger partial charge in [0.15, 0.2) is 17.5 Å². The number of nitrogens with zero attached hydrogens (tertiary/aromatic N) is 4. The topological polar surface area (TPSA) is 89.8 Å². The molecule has 1 N–H and O–H groups in total. The number of rotatable bonds is 4. The standard InChI is InChI=1S/C9H9F2N5O2S/c1-19(17,18)12-5-9-13-14-15-16(9)6-2-3-7(10)8(11)4-6/h2-4,12H,5H2,1H3. The van der Waals surface area contributed by atoms with Gasteiger partial charge >= 0.3 is 0 Å². The molecule has 7 nitrogen and oxygen atoms in total. The van der Waals surface area contributed by atoms with Crippen LogP contribution in [0.15, 0.2) is 18.2 Å². The highest BCUT2D eigenvalue weighted by molar-refractivity contribution is 7.88. The molecule has 0 saturated heterocycles. The zero-order valence-corrected chi connectivity index (χ0v) is 10.5. The van der Waals surface area contributed by atoms with Gasteiger partial charge in [-0.2, -0.15) is 4.68 Å². The summed E-state index contributed by atoms with van der Waals surface area (Å²) in [4.78, 5) is 0. The molecule has 1 heterocycles. The Morgan fingerprint density at radius 2 is 2.05 bits per heavy atom. The summed E-state index contributed by atoms with van der Waals surface area (Å²) in [5.74, 6) is -1.89. The lowest BCUT2D eigenvalue weighted by Gasteiger charge is -2.05. The Morgan fingerprint density at radius 3 is 2.68 bits per heavy atom. The maximum atomic E-state index is 13.1. The summed E-state index contributed by atoms with van der Waals surface area (Å²) in [5.41, 5.74) is 0.189. The van der Waals surface area contributed by atoms with Gasteiger partial charge in [-0.05, 0) is 22.6 Å². The van der Waals surface area contributed by atoms with Crippen LogP contribution in [0.25, 0.3) is 5.69 Å². The van der Waals surface area contributed by atoms with Gasteiger partial charge in [-0.1, -0.05) is 0 Å². The highest BCUT2D eigenvalue weighted by Crippen LogP contribution is 2.13. The zero-order valence-electron chi connectivity index (χ0n) is 9.71. The highest BCUT2D eigenvalue weighted by atomic mass is 32.2. The molecule has 0 aliphatic carbocycles. The van der Waals surface area contributed by atoms with E-state index in [0.717, 1.165) is 23.1 Å². The van der Waals surface area contributed by atoms with Crippen molar-refractivity contribution in [2.24, 2.45) is 0 Å². The van der Waals surface area contributed by atoms with Crippen molar-refractivity contribution in [2.45, 2.75) is 6.54 Å². The van der Waals surface area contributed by atoms with Crippen molar-refractivity contribution in [3.63, 3.8) is 0 Å². The first-order chi connectivity index (χ1) is 8.87. The number of benzene rings is 1. The first kappa shape index (κ1) is 13.5. The van der Waals surface area contributed by atoms with Crippen LogP contribution >= 0.6 is 0 Å². The van der Waals surface area contributed by atoms with Gasteiger partial charge in [0.25, 0.3) is 0 Å². The van der Waals surface area contributed by atoms with Gasteiger partial charge in [0, 0.05) is 6.07 Å². The van der Waals surface area contributed by atoms with Gasteiger partial charge in [0.1, 0.15) is 0 Å². The van der Waals surface area contributed by atoms with Crippen molar-refractivity contribution in [3.8, 4) is 5.69 Å². The maximum Gasteiger partial charge on any atom is 0.209 e. The molecule has 1 aromatic carbocycles. The minimum atomic E-state index is -3.41. The van der Waals surface area contributed by atoms with Crippen molar-refractivity contribution in [1.82, 2.24) is 24.9 Å². The molecule has 102 valence electrons. The van der Waals surface area contributed by atoms with Crippen LogP contribution in [0.2, 0.25) is 0 Å². The lowest BCUT2D eigenvalue weighted by molar-refractivity contribution is 0.507. The Balaban J connectivity index is 2.30. The molecule has 19 heavy (non-hydrogen) atoms. The number of hydrogen-bond donors (Lipinski definition) is 1. The lowest BCUT2D eigenvalue weighted by atomic mass is 10.3. The number of hydrogen-bond acceptors (Lipinski definition) is 5. The second-order valence-corrected chi connectivity index (χ2v) is 5.53. The van der Waals surface area contributed by atoms with Gasteiger partial charge in [0.2, 0.25) is 10.0 Å². The van der Waals surface area contributed by atoms with E-state index in [9.17, 15) is 17.2 Å². The van der Waals surface area contributed by atoms with Crippen LogP contribution in [0.5, 0.6) is 0 Å². The second-order valence-electron chi connectivity index (χ2n) is 3.70. The van der Waals surface area contributed by atoms with E-state index in [1.165, 1.54) is 6.07 Å². The van der Waals surface area contributed by atoms with Crippen molar-refractivity contribution in [2.75, 3.05) is 6.26 Å². The van der Waals surface area contributed by atoms with E-state index in [0.29, 0.717) is 0 Å². The normalized spacial score (nSPS) is 11.7. The Bertz CT molecular complexity index is 700. The van der Waals surface area contributed by atoms with Gasteiger partial charge in [0.05, 0.1) is 18.5 Å². The molecule has 0 amide bonds. The number of aromatic nitrogens is 4. The van der Waals surface area contributed by atoms with Gasteiger partial charge in [-0.25, -0.2) is 21.9 Å². The van der Waals surface area contributed by atoms with Crippen LogP contribution in [0.1, 0.15) is 5.82 Å². The van der Waals surface area contributed by atoms with Gasteiger partial charge in [-0.3, -0.25) is 0 Å². The monoisotopic (exact) mass is 289 g/mol. The summed E-state index contributed by atoms with van der Waals surface area (Å²) in [7, 11) is -3.41. The molecule has 0 aliphatic heterocycles. The predicted octanol–water partition coefficient (Wildman–Crippen LogP) is -0.0103. The van der Waals surface area contributed by atoms with Crippen LogP contribution in [-0.4, -0.2) is 34.9 Å². The summed E-state index contributed by atoms with van der Waals surface area (Å²) in [6, 6.07) is 3.12. The summed E-state index contributed by atoms with van der Waals surface area (Å²) < 4.78 is 51.2. The number of sulfonamides is 1. The van der Waals surface area contributed by atoms with Crippen LogP contribution < -0.4 is 4.72 Å². The largest absolute Gasteiger partial charge is 0.213 e. The highest BCUT2D eigenvalue weighted by Gasteiger charge is 2.12. The number of nitrogens with one attached hydrogen (secondary N) is 1. The van der Waals surface area contributed by atoms with E-state index in [2.05, 4.69) is 20.2 Å². The van der Waals surface area contributed by atoms with Crippen LogP contribution in [0, 0.1) is 11.6 Å². The average molecular weight is 289 g/mol. The second kappa shape index (κ2) is 4.97. The lowest BCUT2D eigenvalue weighted by Crippen LogP contribution is -2.23. The van der Waals surface area contributed by atoms with E-state index in [1.807, 2.05) is 0 Å². The van der Waals surface area contributed by atoms with Crippen LogP contribution in [0.4, 0.5) is 8.78 Å². The van der Waals surface area contributed by atoms with Gasteiger partial charge in [-0.15, -0.1) is 5.10 Å². The molecule has 0 fully saturated rings. The molecule has 2 aromatic rings. The zero-order chi connectivity index (χ0) is 14.0. The Morgan fingerprint density at radius 1 is 1.32 bits per heavy atom. The molecule has 0 aliphatic rings. The van der Waals surface area contributed by atoms with Crippen molar-refractivity contribution < 1.29 is 17.2 Å². The molecule has 0 bridgehead atoms. The number of halogens is 2. The quantitative estimate of drug-likeness (QED) is 0.855. The maximum absolute atomic E-state index is 13.1. The fraction of sp³-hybridized carbons (Fsp3) is 0.222. The average Bonchev–Trinajstić information content (AvgIpc) is 2.77. The Hall–Kier alpha value is -1.94. The molecule has 2 rings (SSSR count). The Labute approximate surface area is 107 Å². The molecular formula is C9H9F2N5O2S. The Kier molecular flexibility index (Phi) is 3.53. The van der Waals surface area contributed by atoms with E-state index >= 15 is 0 Å². The molecular weight excluding hydrogens is 280 g/mol. The smallest absolute Gasteiger partial charge is 0.209 e. The number of tetrazole rings is 1. The predicted molar refractivity (Wildman–Crippen MR) is 60.8 cm³/mol. The molecule has 1 aromatic heterocycles. The van der Waals surface area contributed by atoms with Crippen LogP contribution in [0.3, 0.4) is 0 Å². The molecule has 0 saturated carbocycles. The van der Waals surface area contributed by atoms with E-state index in [4.69, 9.17) is 0 Å². The summed E-state index contributed by atoms with van der Waals surface area (Å²) >= 11 is 0. The van der Waals surface area contributed by atoms with E-state index in [-0.39, 0.29) is 18.1 Å². The van der Waals surface area contributed by atoms with Crippen molar-refractivity contribution >= 4 is 10.0 Å². The van der Waals surface area contributed by atoms with Crippen molar-refractivity contribution in [3.05, 3.63) is 35.7 Å². The molecule has 0 unspecified atom stereocenters. The third-order valence-corrected chi connectivity index (χ3v) is 2.84. The SMILES string of the molecule is CS(=O)(=O)NCc1nnnn1-c1ccc(F)c(F)c1. The summed E-state index contributed by atoms with van der Waals surface area (Å²) in [5, 5.41) is 10.6. The molecule has 0 spiro atoms. The first-order valence-corrected chi connectivity index (χ1v) is 6.93. The fourth-order valence-corrected chi connectivity index (χ4v) is 1.72. The molecule has 0 radical (unpaired) electrons. The molecule has 0 atom stereocenters. The summed E-state index contributed by atoms with van der Waals surface area (Å²) in [6.07, 6.45) is 0.985. The third-order valence-electron chi connectivity index (χ3n) is 2.17. The van der Waals surface area contributed by atoms with E-state index in [1.54, 1.807) is 0 Å². The first-order valence-electron chi connectivity index (χ1n) is 5.04. The van der Waals surface area contributed by atoms with Crippen molar-refractivity contribution in [1.29, 1.82) is 0 Å². The minimum absolute atomic E-state index is 0.149. The fourth-order valence-electron chi connectivity index (χ4n) is 1.33. The summed E-state index contributed by atoms with van der Waals surface area (Å²) in [6.45, 7) is -0.162. The third kappa shape index (κ3) is 3.29. The van der Waals surface area contributed by atoms with Crippen LogP contribution in [-0.2, 0) is 16.6 Å². The van der Waals surface area contributed by atoms with Gasteiger partial charge < -0.3 is 0 Å². The van der Waals surface area contributed by atoms with E-state index < -0.39 is 21.7 Å².